The normalized spacial score (nSPS) is 25.1. The molecule has 0 unspecified atom stereocenters. The van der Waals surface area contributed by atoms with Gasteiger partial charge in [0.1, 0.15) is 0 Å². The van der Waals surface area contributed by atoms with E-state index in [1.54, 1.807) is 5.56 Å². The molecule has 17 heavy (non-hydrogen) atoms. The van der Waals surface area contributed by atoms with Gasteiger partial charge in [0.15, 0.2) is 0 Å². The lowest BCUT2D eigenvalue weighted by Gasteiger charge is -2.34. The average molecular weight is 230 g/mol. The third kappa shape index (κ3) is 2.32. The zero-order valence-corrected chi connectivity index (χ0v) is 10.9. The molecular weight excluding hydrogens is 208 g/mol. The van der Waals surface area contributed by atoms with Crippen molar-refractivity contribution in [1.29, 1.82) is 0 Å². The molecule has 2 fully saturated rings. The van der Waals surface area contributed by atoms with Crippen LogP contribution >= 0.6 is 0 Å². The molecule has 1 heterocycles. The molecule has 2 heteroatoms. The van der Waals surface area contributed by atoms with E-state index in [-0.39, 0.29) is 0 Å². The number of nitrogens with zero attached hydrogens (tertiary/aromatic N) is 1. The molecule has 1 aliphatic heterocycles. The molecular formula is C15H22N2. The zero-order valence-electron chi connectivity index (χ0n) is 10.9. The largest absolute Gasteiger partial charge is 0.369 e. The van der Waals surface area contributed by atoms with Crippen LogP contribution in [0.15, 0.2) is 18.2 Å². The maximum Gasteiger partial charge on any atom is 0.0370 e. The molecule has 1 aromatic carbocycles. The lowest BCUT2D eigenvalue weighted by molar-refractivity contribution is 0.485. The summed E-state index contributed by atoms with van der Waals surface area (Å²) >= 11 is 0. The number of hydrogen-bond acceptors (Lipinski definition) is 2. The first kappa shape index (κ1) is 11.1. The van der Waals surface area contributed by atoms with Crippen molar-refractivity contribution in [2.45, 2.75) is 38.6 Å². The summed E-state index contributed by atoms with van der Waals surface area (Å²) in [4.78, 5) is 2.52. The smallest absolute Gasteiger partial charge is 0.0370 e. The standard InChI is InChI=1S/C15H22N2/c1-11-3-6-14(9-15(11)13-4-5-13)17-8-7-16-12(2)10-17/h3,6,9,12-13,16H,4-5,7-8,10H2,1-2H3/t12-/m1/s1. The molecule has 1 aliphatic carbocycles. The van der Waals surface area contributed by atoms with Gasteiger partial charge in [0.25, 0.3) is 0 Å². The molecule has 0 bridgehead atoms. The van der Waals surface area contributed by atoms with E-state index in [1.165, 1.54) is 24.1 Å². The highest BCUT2D eigenvalue weighted by Crippen LogP contribution is 2.42. The molecule has 0 spiro atoms. The Morgan fingerprint density at radius 1 is 1.29 bits per heavy atom. The number of nitrogens with one attached hydrogen (secondary N) is 1. The molecule has 0 aromatic heterocycles. The fourth-order valence-corrected chi connectivity index (χ4v) is 2.83. The van der Waals surface area contributed by atoms with Crippen LogP contribution in [0.1, 0.15) is 36.8 Å². The Bertz CT molecular complexity index is 409. The van der Waals surface area contributed by atoms with Crippen molar-refractivity contribution in [1.82, 2.24) is 5.32 Å². The Morgan fingerprint density at radius 2 is 2.12 bits per heavy atom. The topological polar surface area (TPSA) is 15.3 Å². The first-order valence-electron chi connectivity index (χ1n) is 6.83. The molecule has 2 nitrogen and oxygen atoms in total. The second-order valence-corrected chi connectivity index (χ2v) is 5.62. The van der Waals surface area contributed by atoms with Crippen molar-refractivity contribution in [2.24, 2.45) is 0 Å². The van der Waals surface area contributed by atoms with Gasteiger partial charge in [-0.2, -0.15) is 0 Å². The Morgan fingerprint density at radius 3 is 2.82 bits per heavy atom. The number of hydrogen-bond donors (Lipinski definition) is 1. The van der Waals surface area contributed by atoms with Crippen LogP contribution in [0.3, 0.4) is 0 Å². The summed E-state index contributed by atoms with van der Waals surface area (Å²) < 4.78 is 0. The molecule has 3 rings (SSSR count). The van der Waals surface area contributed by atoms with Crippen LogP contribution < -0.4 is 10.2 Å². The van der Waals surface area contributed by atoms with Crippen molar-refractivity contribution in [2.75, 3.05) is 24.5 Å². The van der Waals surface area contributed by atoms with Crippen molar-refractivity contribution in [3.05, 3.63) is 29.3 Å². The van der Waals surface area contributed by atoms with E-state index >= 15 is 0 Å². The van der Waals surface area contributed by atoms with Crippen LogP contribution in [0.5, 0.6) is 0 Å². The quantitative estimate of drug-likeness (QED) is 0.840. The highest BCUT2D eigenvalue weighted by atomic mass is 15.2. The van der Waals surface area contributed by atoms with Gasteiger partial charge in [0, 0.05) is 31.4 Å². The molecule has 1 saturated carbocycles. The molecule has 92 valence electrons. The fourth-order valence-electron chi connectivity index (χ4n) is 2.83. The minimum atomic E-state index is 0.606. The Labute approximate surface area is 104 Å². The first-order valence-corrected chi connectivity index (χ1v) is 6.83. The first-order chi connectivity index (χ1) is 8.24. The predicted molar refractivity (Wildman–Crippen MR) is 72.8 cm³/mol. The van der Waals surface area contributed by atoms with E-state index in [4.69, 9.17) is 0 Å². The minimum Gasteiger partial charge on any atom is -0.369 e. The molecule has 1 aromatic rings. The molecule has 1 N–H and O–H groups in total. The average Bonchev–Trinajstić information content (AvgIpc) is 3.14. The second-order valence-electron chi connectivity index (χ2n) is 5.62. The van der Waals surface area contributed by atoms with Crippen molar-refractivity contribution in [3.8, 4) is 0 Å². The van der Waals surface area contributed by atoms with Gasteiger partial charge in [-0.15, -0.1) is 0 Å². The van der Waals surface area contributed by atoms with Crippen LogP contribution in [0, 0.1) is 6.92 Å². The summed E-state index contributed by atoms with van der Waals surface area (Å²) in [6.45, 7) is 7.89. The van der Waals surface area contributed by atoms with E-state index in [9.17, 15) is 0 Å². The summed E-state index contributed by atoms with van der Waals surface area (Å²) in [6.07, 6.45) is 2.78. The lowest BCUT2D eigenvalue weighted by Crippen LogP contribution is -2.49. The van der Waals surface area contributed by atoms with Gasteiger partial charge in [-0.1, -0.05) is 6.07 Å². The number of rotatable bonds is 2. The van der Waals surface area contributed by atoms with Crippen molar-refractivity contribution in [3.63, 3.8) is 0 Å². The molecule has 1 saturated heterocycles. The SMILES string of the molecule is Cc1ccc(N2CCN[C@H](C)C2)cc1C1CC1. The maximum atomic E-state index is 3.50. The Balaban J connectivity index is 1.84. The highest BCUT2D eigenvalue weighted by Gasteiger charge is 2.26. The number of benzene rings is 1. The van der Waals surface area contributed by atoms with Gasteiger partial charge in [0.05, 0.1) is 0 Å². The molecule has 0 radical (unpaired) electrons. The van der Waals surface area contributed by atoms with E-state index in [2.05, 4.69) is 42.3 Å². The second kappa shape index (κ2) is 4.34. The van der Waals surface area contributed by atoms with Crippen LogP contribution in [0.4, 0.5) is 5.69 Å². The molecule has 0 amide bonds. The lowest BCUT2D eigenvalue weighted by atomic mass is 10.0. The van der Waals surface area contributed by atoms with Crippen LogP contribution in [-0.4, -0.2) is 25.7 Å². The fraction of sp³-hybridized carbons (Fsp3) is 0.600. The third-order valence-corrected chi connectivity index (χ3v) is 4.01. The predicted octanol–water partition coefficient (Wildman–Crippen LogP) is 2.67. The zero-order chi connectivity index (χ0) is 11.8. The van der Waals surface area contributed by atoms with E-state index in [0.717, 1.165) is 25.6 Å². The van der Waals surface area contributed by atoms with Gasteiger partial charge >= 0.3 is 0 Å². The van der Waals surface area contributed by atoms with Crippen LogP contribution in [0.2, 0.25) is 0 Å². The number of piperazine rings is 1. The number of anilines is 1. The minimum absolute atomic E-state index is 0.606. The summed E-state index contributed by atoms with van der Waals surface area (Å²) in [5, 5.41) is 3.50. The van der Waals surface area contributed by atoms with E-state index < -0.39 is 0 Å². The van der Waals surface area contributed by atoms with Crippen molar-refractivity contribution < 1.29 is 0 Å². The van der Waals surface area contributed by atoms with Gasteiger partial charge in [-0.3, -0.25) is 0 Å². The van der Waals surface area contributed by atoms with Crippen molar-refractivity contribution >= 4 is 5.69 Å². The summed E-state index contributed by atoms with van der Waals surface area (Å²) in [7, 11) is 0. The summed E-state index contributed by atoms with van der Waals surface area (Å²) in [6, 6.07) is 7.63. The molecule has 1 atom stereocenters. The Hall–Kier alpha value is -1.02. The van der Waals surface area contributed by atoms with Gasteiger partial charge < -0.3 is 10.2 Å². The maximum absolute atomic E-state index is 3.50. The summed E-state index contributed by atoms with van der Waals surface area (Å²) in [5.41, 5.74) is 4.49. The molecule has 2 aliphatic rings. The van der Waals surface area contributed by atoms with Gasteiger partial charge in [-0.05, 0) is 55.9 Å². The Kier molecular flexibility index (Phi) is 2.83. The van der Waals surface area contributed by atoms with Crippen LogP contribution in [-0.2, 0) is 0 Å². The summed E-state index contributed by atoms with van der Waals surface area (Å²) in [5.74, 6) is 0.857. The third-order valence-electron chi connectivity index (χ3n) is 4.01. The van der Waals surface area contributed by atoms with Gasteiger partial charge in [0.2, 0.25) is 0 Å². The number of aryl methyl sites for hydroxylation is 1. The highest BCUT2D eigenvalue weighted by molar-refractivity contribution is 5.53. The monoisotopic (exact) mass is 230 g/mol. The van der Waals surface area contributed by atoms with Crippen LogP contribution in [0.25, 0.3) is 0 Å². The van der Waals surface area contributed by atoms with Gasteiger partial charge in [-0.25, -0.2) is 0 Å². The van der Waals surface area contributed by atoms with E-state index in [1.807, 2.05) is 0 Å². The van der Waals surface area contributed by atoms with E-state index in [0.29, 0.717) is 6.04 Å².